The molecule has 0 radical (unpaired) electrons. The fourth-order valence-electron chi connectivity index (χ4n) is 3.18. The summed E-state index contributed by atoms with van der Waals surface area (Å²) >= 11 is 0. The Balaban J connectivity index is 2.10. The van der Waals surface area contributed by atoms with Gasteiger partial charge in [-0.25, -0.2) is 0 Å². The quantitative estimate of drug-likeness (QED) is 0.613. The zero-order valence-corrected chi connectivity index (χ0v) is 7.51. The second-order valence-electron chi connectivity index (χ2n) is 4.88. The smallest absolute Gasteiger partial charge is 0.0462 e. The van der Waals surface area contributed by atoms with Crippen LogP contribution in [-0.2, 0) is 0 Å². The summed E-state index contributed by atoms with van der Waals surface area (Å²) in [6, 6.07) is 0. The maximum atomic E-state index is 9.12. The zero-order valence-electron chi connectivity index (χ0n) is 7.51. The number of aliphatic hydroxyl groups is 1. The van der Waals surface area contributed by atoms with Crippen molar-refractivity contribution in [2.45, 2.75) is 33.1 Å². The lowest BCUT2D eigenvalue weighted by Crippen LogP contribution is -2.53. The average Bonchev–Trinajstić information content (AvgIpc) is 2.04. The fraction of sp³-hybridized carbons (Fsp3) is 1.00. The van der Waals surface area contributed by atoms with Crippen LogP contribution < -0.4 is 0 Å². The van der Waals surface area contributed by atoms with Gasteiger partial charge in [-0.15, -0.1) is 0 Å². The van der Waals surface area contributed by atoms with Gasteiger partial charge in [-0.05, 0) is 42.4 Å². The molecule has 3 rings (SSSR count). The Morgan fingerprint density at radius 1 is 1.36 bits per heavy atom. The minimum absolute atomic E-state index is 0.417. The van der Waals surface area contributed by atoms with Crippen LogP contribution in [0.5, 0.6) is 0 Å². The van der Waals surface area contributed by atoms with Crippen molar-refractivity contribution in [3.05, 3.63) is 0 Å². The lowest BCUT2D eigenvalue weighted by atomic mass is 9.46. The molecule has 0 heterocycles. The van der Waals surface area contributed by atoms with Gasteiger partial charge in [0.15, 0.2) is 0 Å². The van der Waals surface area contributed by atoms with Crippen LogP contribution in [0.15, 0.2) is 0 Å². The van der Waals surface area contributed by atoms with Crippen molar-refractivity contribution in [1.29, 1.82) is 0 Å². The second-order valence-corrected chi connectivity index (χ2v) is 4.88. The monoisotopic (exact) mass is 154 g/mol. The summed E-state index contributed by atoms with van der Waals surface area (Å²) in [6.45, 7) is 5.15. The van der Waals surface area contributed by atoms with E-state index >= 15 is 0 Å². The molecular weight excluding hydrogens is 136 g/mol. The molecule has 0 aromatic carbocycles. The Bertz CT molecular complexity index is 160. The van der Waals surface area contributed by atoms with Gasteiger partial charge in [0.2, 0.25) is 0 Å². The molecule has 3 saturated carbocycles. The number of hydrogen-bond donors (Lipinski definition) is 1. The number of aliphatic hydroxyl groups excluding tert-OH is 1. The van der Waals surface area contributed by atoms with Crippen molar-refractivity contribution < 1.29 is 5.11 Å². The highest BCUT2D eigenvalue weighted by Crippen LogP contribution is 2.61. The topological polar surface area (TPSA) is 20.2 Å². The van der Waals surface area contributed by atoms with E-state index in [0.29, 0.717) is 17.9 Å². The Hall–Kier alpha value is -0.0400. The molecule has 64 valence electrons. The molecule has 1 unspecified atom stereocenters. The molecular formula is C10H18O. The van der Waals surface area contributed by atoms with E-state index in [9.17, 15) is 0 Å². The number of fused-ring (bicyclic) bond motifs is 2. The van der Waals surface area contributed by atoms with E-state index in [1.165, 1.54) is 19.3 Å². The Morgan fingerprint density at radius 2 is 2.09 bits per heavy atom. The summed E-state index contributed by atoms with van der Waals surface area (Å²) in [7, 11) is 0. The van der Waals surface area contributed by atoms with E-state index in [-0.39, 0.29) is 0 Å². The van der Waals surface area contributed by atoms with E-state index in [1.54, 1.807) is 0 Å². The maximum absolute atomic E-state index is 9.12. The molecule has 3 aliphatic rings. The van der Waals surface area contributed by atoms with Crippen molar-refractivity contribution in [3.8, 4) is 0 Å². The van der Waals surface area contributed by atoms with Crippen LogP contribution in [0.25, 0.3) is 0 Å². The molecule has 3 atom stereocenters. The lowest BCUT2D eigenvalue weighted by Gasteiger charge is -2.59. The van der Waals surface area contributed by atoms with Crippen LogP contribution in [0.3, 0.4) is 0 Å². The van der Waals surface area contributed by atoms with Crippen LogP contribution >= 0.6 is 0 Å². The summed E-state index contributed by atoms with van der Waals surface area (Å²) < 4.78 is 0. The number of rotatable bonds is 1. The normalized spacial score (nSPS) is 46.6. The maximum Gasteiger partial charge on any atom is 0.0462 e. The van der Waals surface area contributed by atoms with Gasteiger partial charge in [0.1, 0.15) is 0 Å². The molecule has 0 saturated heterocycles. The molecule has 1 nitrogen and oxygen atoms in total. The van der Waals surface area contributed by atoms with E-state index in [0.717, 1.165) is 11.8 Å². The van der Waals surface area contributed by atoms with E-state index in [2.05, 4.69) is 13.8 Å². The molecule has 3 fully saturated rings. The van der Waals surface area contributed by atoms with Crippen LogP contribution in [0.4, 0.5) is 0 Å². The summed E-state index contributed by atoms with van der Waals surface area (Å²) in [5.74, 6) is 2.41. The van der Waals surface area contributed by atoms with Crippen molar-refractivity contribution in [2.24, 2.45) is 23.2 Å². The molecule has 1 N–H and O–H groups in total. The summed E-state index contributed by atoms with van der Waals surface area (Å²) in [4.78, 5) is 0. The molecule has 0 aromatic heterocycles. The van der Waals surface area contributed by atoms with Crippen LogP contribution in [0, 0.1) is 23.2 Å². The van der Waals surface area contributed by atoms with Gasteiger partial charge in [0.25, 0.3) is 0 Å². The molecule has 3 aliphatic carbocycles. The Labute approximate surface area is 68.8 Å². The zero-order chi connectivity index (χ0) is 8.06. The van der Waals surface area contributed by atoms with Gasteiger partial charge in [0.05, 0.1) is 0 Å². The molecule has 0 aliphatic heterocycles. The standard InChI is InChI=1S/C10H18O/c1-10(2)8-4-3-7(6-11)9(10)5-8/h7-9,11H,3-6H2,1-2H3/t7-,8-,9?/m0/s1. The van der Waals surface area contributed by atoms with Crippen molar-refractivity contribution >= 4 is 0 Å². The fourth-order valence-corrected chi connectivity index (χ4v) is 3.18. The predicted molar refractivity (Wildman–Crippen MR) is 45.2 cm³/mol. The van der Waals surface area contributed by atoms with E-state index in [1.807, 2.05) is 0 Å². The van der Waals surface area contributed by atoms with Gasteiger partial charge in [-0.3, -0.25) is 0 Å². The Morgan fingerprint density at radius 3 is 2.45 bits per heavy atom. The third-order valence-corrected chi connectivity index (χ3v) is 4.24. The first-order valence-corrected chi connectivity index (χ1v) is 4.77. The van der Waals surface area contributed by atoms with Gasteiger partial charge in [-0.1, -0.05) is 13.8 Å². The summed E-state index contributed by atoms with van der Waals surface area (Å²) in [6.07, 6.45) is 4.02. The van der Waals surface area contributed by atoms with Crippen molar-refractivity contribution in [2.75, 3.05) is 6.61 Å². The first-order chi connectivity index (χ1) is 5.16. The first kappa shape index (κ1) is 7.60. The van der Waals surface area contributed by atoms with Gasteiger partial charge in [0, 0.05) is 6.61 Å². The largest absolute Gasteiger partial charge is 0.396 e. The highest BCUT2D eigenvalue weighted by molar-refractivity contribution is 5.02. The van der Waals surface area contributed by atoms with Gasteiger partial charge >= 0.3 is 0 Å². The van der Waals surface area contributed by atoms with Gasteiger partial charge < -0.3 is 5.11 Å². The van der Waals surface area contributed by atoms with E-state index in [4.69, 9.17) is 5.11 Å². The minimum atomic E-state index is 0.417. The number of hydrogen-bond acceptors (Lipinski definition) is 1. The molecule has 0 aromatic rings. The lowest BCUT2D eigenvalue weighted by molar-refractivity contribution is -0.116. The molecule has 1 heteroatoms. The van der Waals surface area contributed by atoms with Gasteiger partial charge in [-0.2, -0.15) is 0 Å². The molecule has 0 amide bonds. The van der Waals surface area contributed by atoms with Crippen LogP contribution in [0.2, 0.25) is 0 Å². The first-order valence-electron chi connectivity index (χ1n) is 4.77. The van der Waals surface area contributed by atoms with Crippen LogP contribution in [-0.4, -0.2) is 11.7 Å². The second kappa shape index (κ2) is 2.22. The van der Waals surface area contributed by atoms with Crippen molar-refractivity contribution in [1.82, 2.24) is 0 Å². The third kappa shape index (κ3) is 0.868. The summed E-state index contributed by atoms with van der Waals surface area (Å²) in [5, 5.41) is 9.12. The Kier molecular flexibility index (Phi) is 1.54. The van der Waals surface area contributed by atoms with Crippen LogP contribution in [0.1, 0.15) is 33.1 Å². The highest BCUT2D eigenvalue weighted by atomic mass is 16.3. The summed E-state index contributed by atoms with van der Waals surface area (Å²) in [5.41, 5.74) is 0.547. The molecule has 2 bridgehead atoms. The SMILES string of the molecule is CC1(C)C2C[C@@H]1CC[C@H]2CO. The minimum Gasteiger partial charge on any atom is -0.396 e. The van der Waals surface area contributed by atoms with Crippen molar-refractivity contribution in [3.63, 3.8) is 0 Å². The average molecular weight is 154 g/mol. The molecule has 0 spiro atoms. The predicted octanol–water partition coefficient (Wildman–Crippen LogP) is 2.05. The molecule has 11 heavy (non-hydrogen) atoms. The highest BCUT2D eigenvalue weighted by Gasteiger charge is 2.53. The third-order valence-electron chi connectivity index (χ3n) is 4.24. The van der Waals surface area contributed by atoms with E-state index < -0.39 is 0 Å².